The number of rotatable bonds is 4. The van der Waals surface area contributed by atoms with E-state index in [2.05, 4.69) is 0 Å². The maximum atomic E-state index is 12.4. The third-order valence-corrected chi connectivity index (χ3v) is 4.15. The third kappa shape index (κ3) is 2.60. The minimum absolute atomic E-state index is 0.0145. The van der Waals surface area contributed by atoms with Gasteiger partial charge in [-0.15, -0.1) is 0 Å². The highest BCUT2D eigenvalue weighted by atomic mass is 16.4. The molecule has 102 valence electrons. The molecule has 2 amide bonds. The van der Waals surface area contributed by atoms with Gasteiger partial charge in [0.05, 0.1) is 5.92 Å². The molecule has 1 saturated carbocycles. The van der Waals surface area contributed by atoms with Gasteiger partial charge in [0, 0.05) is 25.7 Å². The van der Waals surface area contributed by atoms with Crippen molar-refractivity contribution in [1.82, 2.24) is 9.80 Å². The Morgan fingerprint density at radius 3 is 2.44 bits per heavy atom. The summed E-state index contributed by atoms with van der Waals surface area (Å²) in [5.41, 5.74) is 0. The van der Waals surface area contributed by atoms with E-state index in [1.807, 2.05) is 18.7 Å². The van der Waals surface area contributed by atoms with E-state index < -0.39 is 11.9 Å². The van der Waals surface area contributed by atoms with Gasteiger partial charge >= 0.3 is 12.0 Å². The summed E-state index contributed by atoms with van der Waals surface area (Å²) in [4.78, 5) is 27.0. The van der Waals surface area contributed by atoms with Crippen LogP contribution in [0.2, 0.25) is 0 Å². The van der Waals surface area contributed by atoms with Gasteiger partial charge in [-0.3, -0.25) is 4.79 Å². The van der Waals surface area contributed by atoms with Gasteiger partial charge in [0.15, 0.2) is 0 Å². The van der Waals surface area contributed by atoms with Crippen molar-refractivity contribution in [1.29, 1.82) is 0 Å². The Hall–Kier alpha value is -1.26. The minimum atomic E-state index is -0.789. The van der Waals surface area contributed by atoms with Crippen LogP contribution in [0.15, 0.2) is 0 Å². The number of hydrogen-bond donors (Lipinski definition) is 1. The predicted molar refractivity (Wildman–Crippen MR) is 67.3 cm³/mol. The van der Waals surface area contributed by atoms with Crippen LogP contribution in [0.25, 0.3) is 0 Å². The number of aliphatic carboxylic acids is 1. The van der Waals surface area contributed by atoms with Crippen molar-refractivity contribution in [3.63, 3.8) is 0 Å². The number of nitrogens with zero attached hydrogens (tertiary/aromatic N) is 2. The lowest BCUT2D eigenvalue weighted by atomic mass is 10.0. The molecule has 0 aromatic rings. The number of carbonyl (C=O) groups is 2. The van der Waals surface area contributed by atoms with Gasteiger partial charge in [0.25, 0.3) is 0 Å². The van der Waals surface area contributed by atoms with Gasteiger partial charge in [-0.25, -0.2) is 4.79 Å². The van der Waals surface area contributed by atoms with E-state index in [-0.39, 0.29) is 12.1 Å². The highest BCUT2D eigenvalue weighted by molar-refractivity contribution is 5.78. The van der Waals surface area contributed by atoms with Crippen LogP contribution in [-0.4, -0.2) is 52.6 Å². The van der Waals surface area contributed by atoms with E-state index in [0.717, 1.165) is 6.54 Å². The van der Waals surface area contributed by atoms with Crippen LogP contribution in [0.4, 0.5) is 4.79 Å². The Morgan fingerprint density at radius 2 is 2.00 bits per heavy atom. The van der Waals surface area contributed by atoms with Gasteiger partial charge < -0.3 is 14.9 Å². The first kappa shape index (κ1) is 13.2. The smallest absolute Gasteiger partial charge is 0.320 e. The second kappa shape index (κ2) is 5.16. The fourth-order valence-corrected chi connectivity index (χ4v) is 2.68. The lowest BCUT2D eigenvalue weighted by Crippen LogP contribution is -2.46. The number of carboxylic acid groups (broad SMARTS) is 1. The maximum Gasteiger partial charge on any atom is 0.320 e. The number of carboxylic acids is 1. The molecule has 1 saturated heterocycles. The van der Waals surface area contributed by atoms with Gasteiger partial charge in [-0.05, 0) is 39.0 Å². The molecule has 2 unspecified atom stereocenters. The van der Waals surface area contributed by atoms with Crippen molar-refractivity contribution in [2.24, 2.45) is 11.8 Å². The molecule has 2 fully saturated rings. The monoisotopic (exact) mass is 254 g/mol. The molecule has 0 aromatic heterocycles. The van der Waals surface area contributed by atoms with Crippen LogP contribution in [0.1, 0.15) is 33.1 Å². The molecular formula is C13H22N2O3. The lowest BCUT2D eigenvalue weighted by Gasteiger charge is -2.30. The van der Waals surface area contributed by atoms with E-state index in [9.17, 15) is 9.59 Å². The Labute approximate surface area is 108 Å². The van der Waals surface area contributed by atoms with E-state index in [1.165, 1.54) is 12.8 Å². The summed E-state index contributed by atoms with van der Waals surface area (Å²) in [5, 5.41) is 9.08. The first-order chi connectivity index (χ1) is 8.54. The maximum absolute atomic E-state index is 12.4. The van der Waals surface area contributed by atoms with E-state index >= 15 is 0 Å². The van der Waals surface area contributed by atoms with Crippen molar-refractivity contribution in [3.05, 3.63) is 0 Å². The molecule has 0 bridgehead atoms. The van der Waals surface area contributed by atoms with Crippen LogP contribution in [-0.2, 0) is 4.79 Å². The molecule has 1 aliphatic heterocycles. The highest BCUT2D eigenvalue weighted by Crippen LogP contribution is 2.31. The highest BCUT2D eigenvalue weighted by Gasteiger charge is 2.40. The summed E-state index contributed by atoms with van der Waals surface area (Å²) < 4.78 is 0. The van der Waals surface area contributed by atoms with Gasteiger partial charge in [0.2, 0.25) is 0 Å². The number of urea groups is 1. The molecule has 2 atom stereocenters. The van der Waals surface area contributed by atoms with E-state index in [0.29, 0.717) is 25.4 Å². The molecule has 5 nitrogen and oxygen atoms in total. The first-order valence-corrected chi connectivity index (χ1v) is 6.83. The topological polar surface area (TPSA) is 60.9 Å². The van der Waals surface area contributed by atoms with Crippen LogP contribution >= 0.6 is 0 Å². The van der Waals surface area contributed by atoms with Gasteiger partial charge in [-0.2, -0.15) is 0 Å². The van der Waals surface area contributed by atoms with Crippen molar-refractivity contribution in [2.45, 2.75) is 39.2 Å². The summed E-state index contributed by atoms with van der Waals surface area (Å²) in [6.07, 6.45) is 3.01. The summed E-state index contributed by atoms with van der Waals surface area (Å²) in [7, 11) is 0. The standard InChI is InChI=1S/C13H22N2O3/c1-3-14(8-10-4-5-10)13(18)15-7-6-11(9(15)2)12(16)17/h9-11H,3-8H2,1-2H3,(H,16,17). The zero-order chi connectivity index (χ0) is 13.3. The Bertz CT molecular complexity index is 341. The quantitative estimate of drug-likeness (QED) is 0.829. The fraction of sp³-hybridized carbons (Fsp3) is 0.846. The summed E-state index contributed by atoms with van der Waals surface area (Å²) in [6, 6.07) is -0.177. The second-order valence-electron chi connectivity index (χ2n) is 5.43. The molecule has 1 N–H and O–H groups in total. The number of likely N-dealkylation sites (tertiary alicyclic amines) is 1. The summed E-state index contributed by atoms with van der Waals surface area (Å²) >= 11 is 0. The molecule has 1 heterocycles. The molecule has 2 aliphatic rings. The van der Waals surface area contributed by atoms with Crippen molar-refractivity contribution in [3.8, 4) is 0 Å². The molecule has 2 rings (SSSR count). The zero-order valence-electron chi connectivity index (χ0n) is 11.1. The lowest BCUT2D eigenvalue weighted by molar-refractivity contribution is -0.142. The number of carbonyl (C=O) groups excluding carboxylic acids is 1. The van der Waals surface area contributed by atoms with Crippen LogP contribution in [0.3, 0.4) is 0 Å². The Balaban J connectivity index is 1.97. The number of amides is 2. The van der Waals surface area contributed by atoms with Crippen molar-refractivity contribution >= 4 is 12.0 Å². The van der Waals surface area contributed by atoms with Crippen LogP contribution in [0.5, 0.6) is 0 Å². The summed E-state index contributed by atoms with van der Waals surface area (Å²) in [5.74, 6) is -0.529. The van der Waals surface area contributed by atoms with E-state index in [4.69, 9.17) is 5.11 Å². The number of hydrogen-bond acceptors (Lipinski definition) is 2. The van der Waals surface area contributed by atoms with Crippen LogP contribution in [0, 0.1) is 11.8 Å². The zero-order valence-corrected chi connectivity index (χ0v) is 11.1. The SMILES string of the molecule is CCN(CC1CC1)C(=O)N1CCC(C(=O)O)C1C. The average Bonchev–Trinajstić information content (AvgIpc) is 3.06. The molecule has 5 heteroatoms. The second-order valence-corrected chi connectivity index (χ2v) is 5.43. The molecule has 0 aromatic carbocycles. The van der Waals surface area contributed by atoms with Crippen LogP contribution < -0.4 is 0 Å². The average molecular weight is 254 g/mol. The molecule has 0 spiro atoms. The van der Waals surface area contributed by atoms with Crippen molar-refractivity contribution in [2.75, 3.05) is 19.6 Å². The van der Waals surface area contributed by atoms with Gasteiger partial charge in [0.1, 0.15) is 0 Å². The molecular weight excluding hydrogens is 232 g/mol. The normalized spacial score (nSPS) is 27.3. The predicted octanol–water partition coefficient (Wildman–Crippen LogP) is 1.63. The fourth-order valence-electron chi connectivity index (χ4n) is 2.68. The molecule has 1 aliphatic carbocycles. The van der Waals surface area contributed by atoms with Crippen molar-refractivity contribution < 1.29 is 14.7 Å². The summed E-state index contributed by atoms with van der Waals surface area (Å²) in [6.45, 7) is 5.93. The third-order valence-electron chi connectivity index (χ3n) is 4.15. The Kier molecular flexibility index (Phi) is 3.78. The minimum Gasteiger partial charge on any atom is -0.481 e. The van der Waals surface area contributed by atoms with Gasteiger partial charge in [-0.1, -0.05) is 0 Å². The first-order valence-electron chi connectivity index (χ1n) is 6.83. The molecule has 18 heavy (non-hydrogen) atoms. The van der Waals surface area contributed by atoms with E-state index in [1.54, 1.807) is 4.90 Å². The largest absolute Gasteiger partial charge is 0.481 e. The Morgan fingerprint density at radius 1 is 1.33 bits per heavy atom. The molecule has 0 radical (unpaired) electrons.